The van der Waals surface area contributed by atoms with E-state index in [9.17, 15) is 18.0 Å². The highest BCUT2D eigenvalue weighted by molar-refractivity contribution is 7.87. The van der Waals surface area contributed by atoms with Gasteiger partial charge in [0.2, 0.25) is 5.95 Å². The summed E-state index contributed by atoms with van der Waals surface area (Å²) in [5, 5.41) is 5.84. The summed E-state index contributed by atoms with van der Waals surface area (Å²) in [6.45, 7) is 1.68. The molecule has 3 aromatic rings. The fraction of sp³-hybridized carbons (Fsp3) is 0.280. The first-order valence-electron chi connectivity index (χ1n) is 11.8. The molecule has 1 aliphatic rings. The van der Waals surface area contributed by atoms with E-state index in [1.165, 1.54) is 24.3 Å². The molecule has 1 unspecified atom stereocenters. The van der Waals surface area contributed by atoms with Crippen molar-refractivity contribution in [1.82, 2.24) is 15.3 Å². The minimum absolute atomic E-state index is 0.147. The number of carbonyl (C=O) groups excluding carboxylic acids is 2. The molecule has 1 aliphatic heterocycles. The molecule has 11 nitrogen and oxygen atoms in total. The Labute approximate surface area is 215 Å². The number of carbonyl (C=O) groups is 2. The minimum atomic E-state index is -4.25. The van der Waals surface area contributed by atoms with Crippen molar-refractivity contribution < 1.29 is 22.2 Å². The predicted molar refractivity (Wildman–Crippen MR) is 137 cm³/mol. The zero-order chi connectivity index (χ0) is 26.3. The van der Waals surface area contributed by atoms with E-state index in [0.29, 0.717) is 17.6 Å². The van der Waals surface area contributed by atoms with Gasteiger partial charge < -0.3 is 25.5 Å². The summed E-state index contributed by atoms with van der Waals surface area (Å²) in [7, 11) is -4.25. The number of amides is 1. The zero-order valence-corrected chi connectivity index (χ0v) is 20.8. The normalized spacial score (nSPS) is 15.0. The smallest absolute Gasteiger partial charge is 0.341 e. The number of hydrogen-bond acceptors (Lipinski definition) is 10. The molecule has 1 fully saturated rings. The molecule has 1 atom stereocenters. The van der Waals surface area contributed by atoms with Gasteiger partial charge in [0, 0.05) is 42.8 Å². The molecular formula is C25H28N6O5S. The van der Waals surface area contributed by atoms with Crippen LogP contribution in [0.2, 0.25) is 0 Å². The summed E-state index contributed by atoms with van der Waals surface area (Å²) < 4.78 is 28.9. The van der Waals surface area contributed by atoms with Crippen LogP contribution in [0.3, 0.4) is 0 Å². The van der Waals surface area contributed by atoms with Gasteiger partial charge in [-0.25, -0.2) is 9.97 Å². The van der Waals surface area contributed by atoms with E-state index in [1.807, 2.05) is 12.1 Å². The van der Waals surface area contributed by atoms with Gasteiger partial charge in [0.1, 0.15) is 4.90 Å². The molecule has 194 valence electrons. The van der Waals surface area contributed by atoms with E-state index in [1.54, 1.807) is 36.7 Å². The molecule has 4 rings (SSSR count). The second-order valence-electron chi connectivity index (χ2n) is 8.53. The standard InChI is InChI=1S/C25H28N6O5S/c26-22(17-23(32)36-37(34,35)21-5-2-1-3-6-21)30-24(33)18-7-9-20(10-8-18)31-15-11-19(12-16-31)29-25-27-13-4-14-28-25/h1-10,13-14,19,22H,11-12,15-17,26H2,(H,30,33)(H,27,28,29). The predicted octanol–water partition coefficient (Wildman–Crippen LogP) is 1.89. The summed E-state index contributed by atoms with van der Waals surface area (Å²) >= 11 is 0. The van der Waals surface area contributed by atoms with E-state index in [0.717, 1.165) is 31.6 Å². The first-order chi connectivity index (χ1) is 17.8. The van der Waals surface area contributed by atoms with E-state index >= 15 is 0 Å². The van der Waals surface area contributed by atoms with Crippen molar-refractivity contribution >= 4 is 33.6 Å². The number of hydrogen-bond donors (Lipinski definition) is 3. The molecule has 4 N–H and O–H groups in total. The molecule has 2 heterocycles. The van der Waals surface area contributed by atoms with Crippen LogP contribution < -0.4 is 21.3 Å². The van der Waals surface area contributed by atoms with Crippen molar-refractivity contribution in [2.45, 2.75) is 36.4 Å². The van der Waals surface area contributed by atoms with Crippen LogP contribution in [0.15, 0.2) is 78.0 Å². The third kappa shape index (κ3) is 7.24. The van der Waals surface area contributed by atoms with Crippen LogP contribution in [0.5, 0.6) is 0 Å². The van der Waals surface area contributed by atoms with Gasteiger partial charge >= 0.3 is 16.1 Å². The second-order valence-corrected chi connectivity index (χ2v) is 10.1. The van der Waals surface area contributed by atoms with Gasteiger partial charge in [-0.15, -0.1) is 0 Å². The van der Waals surface area contributed by atoms with E-state index in [4.69, 9.17) is 5.73 Å². The number of anilines is 2. The number of piperidine rings is 1. The number of nitrogens with two attached hydrogens (primary N) is 1. The lowest BCUT2D eigenvalue weighted by Gasteiger charge is -2.34. The average Bonchev–Trinajstić information content (AvgIpc) is 2.90. The quantitative estimate of drug-likeness (QED) is 0.279. The molecule has 0 spiro atoms. The molecule has 1 amide bonds. The molecule has 0 saturated carbocycles. The number of rotatable bonds is 9. The maximum absolute atomic E-state index is 12.6. The second kappa shape index (κ2) is 11.8. The average molecular weight is 525 g/mol. The van der Waals surface area contributed by atoms with Crippen LogP contribution in [-0.2, 0) is 19.1 Å². The van der Waals surface area contributed by atoms with Gasteiger partial charge in [-0.05, 0) is 55.3 Å². The first kappa shape index (κ1) is 26.0. The summed E-state index contributed by atoms with van der Waals surface area (Å²) in [5.41, 5.74) is 7.19. The number of nitrogens with zero attached hydrogens (tertiary/aromatic N) is 3. The highest BCUT2D eigenvalue weighted by Gasteiger charge is 2.23. The first-order valence-corrected chi connectivity index (χ1v) is 13.2. The number of aromatic nitrogens is 2. The van der Waals surface area contributed by atoms with Gasteiger partial charge in [-0.1, -0.05) is 18.2 Å². The van der Waals surface area contributed by atoms with Crippen molar-refractivity contribution in [2.75, 3.05) is 23.3 Å². The molecule has 0 bridgehead atoms. The number of nitrogens with one attached hydrogen (secondary N) is 2. The topological polar surface area (TPSA) is 157 Å². The van der Waals surface area contributed by atoms with Crippen molar-refractivity contribution in [2.24, 2.45) is 5.73 Å². The molecule has 12 heteroatoms. The third-order valence-electron chi connectivity index (χ3n) is 5.83. The summed E-state index contributed by atoms with van der Waals surface area (Å²) in [5.74, 6) is -0.923. The van der Waals surface area contributed by atoms with Crippen LogP contribution >= 0.6 is 0 Å². The maximum atomic E-state index is 12.6. The minimum Gasteiger partial charge on any atom is -0.371 e. The molecule has 37 heavy (non-hydrogen) atoms. The Morgan fingerprint density at radius 1 is 1.00 bits per heavy atom. The van der Waals surface area contributed by atoms with Gasteiger partial charge in [0.15, 0.2) is 0 Å². The summed E-state index contributed by atoms with van der Waals surface area (Å²) in [4.78, 5) is 35.1. The Morgan fingerprint density at radius 3 is 2.30 bits per heavy atom. The Kier molecular flexibility index (Phi) is 8.31. The van der Waals surface area contributed by atoms with E-state index in [2.05, 4.69) is 29.7 Å². The summed E-state index contributed by atoms with van der Waals surface area (Å²) in [6, 6.07) is 16.4. The fourth-order valence-electron chi connectivity index (χ4n) is 3.94. The monoisotopic (exact) mass is 524 g/mol. The Morgan fingerprint density at radius 2 is 1.65 bits per heavy atom. The third-order valence-corrected chi connectivity index (χ3v) is 7.08. The lowest BCUT2D eigenvalue weighted by Crippen LogP contribution is -2.43. The maximum Gasteiger partial charge on any atom is 0.341 e. The van der Waals surface area contributed by atoms with Crippen molar-refractivity contribution in [1.29, 1.82) is 0 Å². The van der Waals surface area contributed by atoms with Crippen LogP contribution in [0, 0.1) is 0 Å². The molecule has 1 saturated heterocycles. The van der Waals surface area contributed by atoms with E-state index < -0.39 is 34.6 Å². The molecule has 1 aromatic heterocycles. The lowest BCUT2D eigenvalue weighted by atomic mass is 10.0. The Balaban J connectivity index is 1.24. The highest BCUT2D eigenvalue weighted by atomic mass is 32.2. The van der Waals surface area contributed by atoms with Crippen LogP contribution in [-0.4, -0.2) is 55.6 Å². The molecule has 0 aliphatic carbocycles. The van der Waals surface area contributed by atoms with Crippen molar-refractivity contribution in [3.63, 3.8) is 0 Å². The Hall–Kier alpha value is -4.03. The van der Waals surface area contributed by atoms with E-state index in [-0.39, 0.29) is 4.90 Å². The van der Waals surface area contributed by atoms with Crippen LogP contribution in [0.25, 0.3) is 0 Å². The van der Waals surface area contributed by atoms with Gasteiger partial charge in [0.05, 0.1) is 12.6 Å². The number of benzene rings is 2. The Bertz CT molecular complexity index is 1300. The summed E-state index contributed by atoms with van der Waals surface area (Å²) in [6.07, 6.45) is 3.63. The van der Waals surface area contributed by atoms with Gasteiger partial charge in [-0.3, -0.25) is 9.59 Å². The van der Waals surface area contributed by atoms with Crippen molar-refractivity contribution in [3.8, 4) is 0 Å². The van der Waals surface area contributed by atoms with Crippen LogP contribution in [0.1, 0.15) is 29.6 Å². The fourth-order valence-corrected chi connectivity index (χ4v) is 4.84. The van der Waals surface area contributed by atoms with Crippen molar-refractivity contribution in [3.05, 3.63) is 78.6 Å². The molecular weight excluding hydrogens is 496 g/mol. The SMILES string of the molecule is NC(CC(=O)OS(=O)(=O)c1ccccc1)NC(=O)c1ccc(N2CCC(Nc3ncccn3)CC2)cc1. The molecule has 2 aromatic carbocycles. The largest absolute Gasteiger partial charge is 0.371 e. The highest BCUT2D eigenvalue weighted by Crippen LogP contribution is 2.22. The van der Waals surface area contributed by atoms with Crippen LogP contribution in [0.4, 0.5) is 11.6 Å². The molecule has 0 radical (unpaired) electrons. The lowest BCUT2D eigenvalue weighted by molar-refractivity contribution is -0.134. The zero-order valence-electron chi connectivity index (χ0n) is 20.0. The van der Waals surface area contributed by atoms with Gasteiger partial charge in [-0.2, -0.15) is 8.42 Å². The van der Waals surface area contributed by atoms with Gasteiger partial charge in [0.25, 0.3) is 5.91 Å².